The highest BCUT2D eigenvalue weighted by Gasteiger charge is 2.17. The second-order valence-corrected chi connectivity index (χ2v) is 5.25. The van der Waals surface area contributed by atoms with Gasteiger partial charge in [-0.15, -0.1) is 0 Å². The summed E-state index contributed by atoms with van der Waals surface area (Å²) >= 11 is 0. The van der Waals surface area contributed by atoms with E-state index in [1.807, 2.05) is 13.0 Å². The Balaban J connectivity index is 1.88. The molecule has 0 saturated heterocycles. The molecule has 0 aromatic carbocycles. The molecule has 0 radical (unpaired) electrons. The number of hydrogen-bond donors (Lipinski definition) is 1. The van der Waals surface area contributed by atoms with E-state index in [9.17, 15) is 9.59 Å². The predicted molar refractivity (Wildman–Crippen MR) is 77.5 cm³/mol. The zero-order chi connectivity index (χ0) is 14.5. The third kappa shape index (κ3) is 3.56. The van der Waals surface area contributed by atoms with Gasteiger partial charge in [0, 0.05) is 30.4 Å². The highest BCUT2D eigenvalue weighted by Crippen LogP contribution is 2.17. The molecule has 1 aromatic rings. The molecule has 0 unspecified atom stereocenters. The van der Waals surface area contributed by atoms with Gasteiger partial charge in [-0.05, 0) is 39.2 Å². The molecule has 1 aromatic heterocycles. The third-order valence-electron chi connectivity index (χ3n) is 3.62. The van der Waals surface area contributed by atoms with Crippen molar-refractivity contribution in [1.82, 2.24) is 14.9 Å². The summed E-state index contributed by atoms with van der Waals surface area (Å²) in [5.41, 5.74) is 1.34. The first kappa shape index (κ1) is 14.5. The van der Waals surface area contributed by atoms with Crippen molar-refractivity contribution in [3.05, 3.63) is 40.1 Å². The number of nitrogens with zero attached hydrogens (tertiary/aromatic N) is 2. The van der Waals surface area contributed by atoms with Crippen molar-refractivity contribution < 1.29 is 4.79 Å². The minimum absolute atomic E-state index is 0.0777. The number of hydrogen-bond acceptors (Lipinski definition) is 3. The minimum Gasteiger partial charge on any atom is -0.354 e. The van der Waals surface area contributed by atoms with Crippen LogP contribution in [0.5, 0.6) is 0 Å². The number of allylic oxidation sites excluding steroid dienone is 2. The number of amides is 1. The summed E-state index contributed by atoms with van der Waals surface area (Å²) in [6, 6.07) is 1.87. The van der Waals surface area contributed by atoms with Crippen LogP contribution in [0.25, 0.3) is 0 Å². The van der Waals surface area contributed by atoms with Gasteiger partial charge >= 0.3 is 5.69 Å². The highest BCUT2D eigenvalue weighted by atomic mass is 16.2. The molecular weight excluding hydrogens is 254 g/mol. The summed E-state index contributed by atoms with van der Waals surface area (Å²) in [4.78, 5) is 27.6. The molecule has 2 rings (SSSR count). The molecule has 0 fully saturated rings. The fourth-order valence-electron chi connectivity index (χ4n) is 2.51. The molecule has 0 saturated carbocycles. The van der Waals surface area contributed by atoms with Gasteiger partial charge in [0.15, 0.2) is 0 Å². The molecule has 0 aliphatic heterocycles. The summed E-state index contributed by atoms with van der Waals surface area (Å²) < 4.78 is 1.59. The smallest absolute Gasteiger partial charge is 0.348 e. The Labute approximate surface area is 118 Å². The quantitative estimate of drug-likeness (QED) is 0.843. The number of rotatable bonds is 4. The molecule has 0 bridgehead atoms. The average molecular weight is 275 g/mol. The average Bonchev–Trinajstić information content (AvgIpc) is 2.42. The van der Waals surface area contributed by atoms with Gasteiger partial charge in [-0.25, -0.2) is 4.79 Å². The standard InChI is InChI=1S/C15H21N3O2/c1-11-10-12(2)18(15(20)17-11)9-8-16-14(19)13-6-4-3-5-7-13/h3-4,10,13H,5-9H2,1-2H3,(H,16,19)/t13-/m0/s1. The molecule has 1 amide bonds. The first-order valence-electron chi connectivity index (χ1n) is 7.05. The molecule has 5 nitrogen and oxygen atoms in total. The summed E-state index contributed by atoms with van der Waals surface area (Å²) in [5.74, 6) is 0.161. The summed E-state index contributed by atoms with van der Waals surface area (Å²) in [6.45, 7) is 4.61. The summed E-state index contributed by atoms with van der Waals surface area (Å²) in [7, 11) is 0. The maximum absolute atomic E-state index is 12.0. The van der Waals surface area contributed by atoms with Crippen LogP contribution in [0.3, 0.4) is 0 Å². The van der Waals surface area contributed by atoms with E-state index in [-0.39, 0.29) is 17.5 Å². The Morgan fingerprint density at radius 1 is 1.45 bits per heavy atom. The highest BCUT2D eigenvalue weighted by molar-refractivity contribution is 5.78. The molecule has 1 heterocycles. The van der Waals surface area contributed by atoms with Crippen LogP contribution in [0.1, 0.15) is 30.7 Å². The molecule has 1 N–H and O–H groups in total. The molecular formula is C15H21N3O2. The minimum atomic E-state index is -0.252. The van der Waals surface area contributed by atoms with Crippen LogP contribution in [0.2, 0.25) is 0 Å². The van der Waals surface area contributed by atoms with Gasteiger partial charge in [0.2, 0.25) is 5.91 Å². The lowest BCUT2D eigenvalue weighted by atomic mass is 9.94. The molecule has 0 spiro atoms. The fraction of sp³-hybridized carbons (Fsp3) is 0.533. The Hall–Kier alpha value is -1.91. The first-order valence-corrected chi connectivity index (χ1v) is 7.05. The second-order valence-electron chi connectivity index (χ2n) is 5.25. The Kier molecular flexibility index (Phi) is 4.71. The molecule has 5 heteroatoms. The van der Waals surface area contributed by atoms with Crippen LogP contribution in [-0.2, 0) is 11.3 Å². The zero-order valence-corrected chi connectivity index (χ0v) is 12.1. The Morgan fingerprint density at radius 3 is 2.90 bits per heavy atom. The van der Waals surface area contributed by atoms with Gasteiger partial charge in [0.25, 0.3) is 0 Å². The maximum Gasteiger partial charge on any atom is 0.348 e. The monoisotopic (exact) mass is 275 g/mol. The number of carbonyl (C=O) groups excluding carboxylic acids is 1. The van der Waals surface area contributed by atoms with Gasteiger partial charge in [-0.2, -0.15) is 4.98 Å². The topological polar surface area (TPSA) is 64.0 Å². The van der Waals surface area contributed by atoms with Crippen molar-refractivity contribution in [3.8, 4) is 0 Å². The van der Waals surface area contributed by atoms with Crippen molar-refractivity contribution in [2.45, 2.75) is 39.7 Å². The predicted octanol–water partition coefficient (Wildman–Crippen LogP) is 1.33. The maximum atomic E-state index is 12.0. The van der Waals surface area contributed by atoms with Gasteiger partial charge in [0.1, 0.15) is 0 Å². The molecule has 108 valence electrons. The van der Waals surface area contributed by atoms with Crippen molar-refractivity contribution in [1.29, 1.82) is 0 Å². The number of nitrogens with one attached hydrogen (secondary N) is 1. The van der Waals surface area contributed by atoms with E-state index in [2.05, 4.69) is 22.5 Å². The largest absolute Gasteiger partial charge is 0.354 e. The summed E-state index contributed by atoms with van der Waals surface area (Å²) in [5, 5.41) is 2.91. The van der Waals surface area contributed by atoms with E-state index in [1.54, 1.807) is 11.5 Å². The normalized spacial score (nSPS) is 18.0. The van der Waals surface area contributed by atoms with Crippen LogP contribution < -0.4 is 11.0 Å². The van der Waals surface area contributed by atoms with Gasteiger partial charge in [-0.1, -0.05) is 12.2 Å². The van der Waals surface area contributed by atoms with E-state index >= 15 is 0 Å². The lowest BCUT2D eigenvalue weighted by Gasteiger charge is -2.17. The van der Waals surface area contributed by atoms with Crippen LogP contribution >= 0.6 is 0 Å². The second kappa shape index (κ2) is 6.50. The van der Waals surface area contributed by atoms with E-state index < -0.39 is 0 Å². The van der Waals surface area contributed by atoms with E-state index in [4.69, 9.17) is 0 Å². The SMILES string of the molecule is Cc1cc(C)n(CCNC(=O)[C@H]2CC=CCC2)c(=O)n1. The fourth-order valence-corrected chi connectivity index (χ4v) is 2.51. The molecule has 20 heavy (non-hydrogen) atoms. The lowest BCUT2D eigenvalue weighted by molar-refractivity contribution is -0.125. The van der Waals surface area contributed by atoms with E-state index in [1.165, 1.54) is 0 Å². The van der Waals surface area contributed by atoms with Crippen LogP contribution in [0.15, 0.2) is 23.0 Å². The summed E-state index contributed by atoms with van der Waals surface area (Å²) in [6.07, 6.45) is 6.87. The van der Waals surface area contributed by atoms with Gasteiger partial charge in [-0.3, -0.25) is 9.36 Å². The number of aromatic nitrogens is 2. The zero-order valence-electron chi connectivity index (χ0n) is 12.1. The number of aryl methyl sites for hydroxylation is 2. The molecule has 1 aliphatic rings. The van der Waals surface area contributed by atoms with Crippen LogP contribution in [-0.4, -0.2) is 22.0 Å². The van der Waals surface area contributed by atoms with Crippen LogP contribution in [0.4, 0.5) is 0 Å². The van der Waals surface area contributed by atoms with E-state index in [0.29, 0.717) is 13.1 Å². The van der Waals surface area contributed by atoms with Crippen molar-refractivity contribution in [2.75, 3.05) is 6.54 Å². The molecule has 1 aliphatic carbocycles. The third-order valence-corrected chi connectivity index (χ3v) is 3.62. The van der Waals surface area contributed by atoms with Gasteiger partial charge < -0.3 is 5.32 Å². The van der Waals surface area contributed by atoms with Crippen molar-refractivity contribution >= 4 is 5.91 Å². The van der Waals surface area contributed by atoms with Crippen molar-refractivity contribution in [3.63, 3.8) is 0 Å². The Morgan fingerprint density at radius 2 is 2.25 bits per heavy atom. The first-order chi connectivity index (χ1) is 9.58. The molecule has 1 atom stereocenters. The number of carbonyl (C=O) groups is 1. The Bertz CT molecular complexity index is 575. The van der Waals surface area contributed by atoms with Crippen molar-refractivity contribution in [2.24, 2.45) is 5.92 Å². The lowest BCUT2D eigenvalue weighted by Crippen LogP contribution is -2.36. The van der Waals surface area contributed by atoms with Gasteiger partial charge in [0.05, 0.1) is 0 Å². The van der Waals surface area contributed by atoms with Crippen LogP contribution in [0, 0.1) is 19.8 Å². The van der Waals surface area contributed by atoms with E-state index in [0.717, 1.165) is 30.7 Å².